The molecule has 0 fully saturated rings. The average molecular weight is 334 g/mol. The molecule has 26 heavy (non-hydrogen) atoms. The fourth-order valence-electron chi connectivity index (χ4n) is 3.86. The highest BCUT2D eigenvalue weighted by molar-refractivity contribution is 6.07. The number of para-hydroxylation sites is 3. The molecule has 0 saturated carbocycles. The SMILES string of the molecule is c1ccc(-n2c3ccc4ncccc4c3n3c4ccccc4nc23)cc1. The number of hydrogen-bond acceptors (Lipinski definition) is 2. The summed E-state index contributed by atoms with van der Waals surface area (Å²) >= 11 is 0. The predicted molar refractivity (Wildman–Crippen MR) is 105 cm³/mol. The third-order valence-corrected chi connectivity index (χ3v) is 4.96. The van der Waals surface area contributed by atoms with Crippen LogP contribution in [0, 0.1) is 0 Å². The summed E-state index contributed by atoms with van der Waals surface area (Å²) in [4.78, 5) is 9.48. The van der Waals surface area contributed by atoms with E-state index in [2.05, 4.69) is 74.6 Å². The van der Waals surface area contributed by atoms with Gasteiger partial charge in [0.25, 0.3) is 0 Å². The Bertz CT molecular complexity index is 1420. The molecule has 4 heteroatoms. The van der Waals surface area contributed by atoms with Crippen LogP contribution in [0.5, 0.6) is 0 Å². The van der Waals surface area contributed by atoms with Gasteiger partial charge in [0.2, 0.25) is 5.78 Å². The monoisotopic (exact) mass is 334 g/mol. The summed E-state index contributed by atoms with van der Waals surface area (Å²) < 4.78 is 4.48. The van der Waals surface area contributed by atoms with Crippen LogP contribution >= 0.6 is 0 Å². The second-order valence-electron chi connectivity index (χ2n) is 6.41. The number of rotatable bonds is 1. The lowest BCUT2D eigenvalue weighted by Crippen LogP contribution is -1.94. The van der Waals surface area contributed by atoms with Gasteiger partial charge in [-0.15, -0.1) is 0 Å². The zero-order valence-electron chi connectivity index (χ0n) is 13.9. The quantitative estimate of drug-likeness (QED) is 0.425. The molecule has 0 spiro atoms. The third kappa shape index (κ3) is 1.68. The van der Waals surface area contributed by atoms with E-state index in [9.17, 15) is 0 Å². The smallest absolute Gasteiger partial charge is 0.220 e. The van der Waals surface area contributed by atoms with Gasteiger partial charge in [0.15, 0.2) is 0 Å². The Kier molecular flexibility index (Phi) is 2.58. The molecule has 0 N–H and O–H groups in total. The minimum Gasteiger partial charge on any atom is -0.278 e. The lowest BCUT2D eigenvalue weighted by atomic mass is 10.1. The summed E-state index contributed by atoms with van der Waals surface area (Å²) in [6.45, 7) is 0. The largest absolute Gasteiger partial charge is 0.278 e. The first-order chi connectivity index (χ1) is 12.9. The highest BCUT2D eigenvalue weighted by Gasteiger charge is 2.18. The molecule has 3 aromatic carbocycles. The van der Waals surface area contributed by atoms with Crippen molar-refractivity contribution in [3.05, 3.63) is 85.1 Å². The highest BCUT2D eigenvalue weighted by Crippen LogP contribution is 2.32. The molecule has 0 aliphatic heterocycles. The second-order valence-corrected chi connectivity index (χ2v) is 6.41. The van der Waals surface area contributed by atoms with Gasteiger partial charge < -0.3 is 0 Å². The number of benzene rings is 3. The van der Waals surface area contributed by atoms with Crippen molar-refractivity contribution in [3.8, 4) is 5.69 Å². The number of aromatic nitrogens is 4. The van der Waals surface area contributed by atoms with Gasteiger partial charge in [-0.3, -0.25) is 14.0 Å². The molecule has 0 aliphatic carbocycles. The minimum absolute atomic E-state index is 0.920. The van der Waals surface area contributed by atoms with E-state index >= 15 is 0 Å². The van der Waals surface area contributed by atoms with Crippen LogP contribution in [0.25, 0.3) is 44.4 Å². The third-order valence-electron chi connectivity index (χ3n) is 4.96. The molecule has 0 radical (unpaired) electrons. The molecule has 0 aliphatic rings. The lowest BCUT2D eigenvalue weighted by Gasteiger charge is -2.05. The maximum absolute atomic E-state index is 4.94. The van der Waals surface area contributed by atoms with Crippen LogP contribution in [0.2, 0.25) is 0 Å². The number of imidazole rings is 2. The van der Waals surface area contributed by atoms with Crippen molar-refractivity contribution in [2.24, 2.45) is 0 Å². The molecule has 122 valence electrons. The van der Waals surface area contributed by atoms with Gasteiger partial charge in [-0.05, 0) is 48.5 Å². The van der Waals surface area contributed by atoms with Gasteiger partial charge in [0.05, 0.1) is 27.6 Å². The Morgan fingerprint density at radius 1 is 0.654 bits per heavy atom. The second kappa shape index (κ2) is 4.92. The van der Waals surface area contributed by atoms with Gasteiger partial charge in [0.1, 0.15) is 0 Å². The van der Waals surface area contributed by atoms with Crippen LogP contribution < -0.4 is 0 Å². The first-order valence-electron chi connectivity index (χ1n) is 8.62. The van der Waals surface area contributed by atoms with E-state index < -0.39 is 0 Å². The minimum atomic E-state index is 0.920. The molecular formula is C22H14N4. The van der Waals surface area contributed by atoms with Crippen molar-refractivity contribution in [3.63, 3.8) is 0 Å². The molecule has 4 nitrogen and oxygen atoms in total. The number of hydrogen-bond donors (Lipinski definition) is 0. The van der Waals surface area contributed by atoms with Crippen molar-refractivity contribution < 1.29 is 0 Å². The van der Waals surface area contributed by atoms with Crippen LogP contribution in [-0.2, 0) is 0 Å². The Labute approximate surface area is 149 Å². The van der Waals surface area contributed by atoms with E-state index in [-0.39, 0.29) is 0 Å². The Morgan fingerprint density at radius 3 is 2.42 bits per heavy atom. The summed E-state index contributed by atoms with van der Waals surface area (Å²) in [6.07, 6.45) is 1.84. The normalized spacial score (nSPS) is 11.8. The van der Waals surface area contributed by atoms with Gasteiger partial charge in [-0.1, -0.05) is 30.3 Å². The fourth-order valence-corrected chi connectivity index (χ4v) is 3.86. The van der Waals surface area contributed by atoms with E-state index in [1.165, 1.54) is 0 Å². The van der Waals surface area contributed by atoms with Crippen molar-refractivity contribution in [2.75, 3.05) is 0 Å². The van der Waals surface area contributed by atoms with Gasteiger partial charge in [0, 0.05) is 17.3 Å². The zero-order chi connectivity index (χ0) is 17.1. The summed E-state index contributed by atoms with van der Waals surface area (Å²) in [5.74, 6) is 0.920. The van der Waals surface area contributed by atoms with Gasteiger partial charge >= 0.3 is 0 Å². The average Bonchev–Trinajstić information content (AvgIpc) is 3.22. The maximum Gasteiger partial charge on any atom is 0.220 e. The standard InChI is InChI=1S/C22H14N4/c1-2-7-15(8-3-1)25-20-13-12-17-16(9-6-14-23-17)21(20)26-19-11-5-4-10-18(19)24-22(25)26/h1-14H. The molecule has 6 aromatic rings. The van der Waals surface area contributed by atoms with E-state index in [1.807, 2.05) is 24.4 Å². The van der Waals surface area contributed by atoms with Crippen LogP contribution in [0.4, 0.5) is 0 Å². The molecule has 0 atom stereocenters. The molecule has 3 heterocycles. The van der Waals surface area contributed by atoms with Gasteiger partial charge in [-0.25, -0.2) is 4.98 Å². The Balaban J connectivity index is 1.95. The fraction of sp³-hybridized carbons (Fsp3) is 0. The summed E-state index contributed by atoms with van der Waals surface area (Å²) in [5, 5.41) is 1.13. The molecule has 0 saturated heterocycles. The summed E-state index contributed by atoms with van der Waals surface area (Å²) in [6, 6.07) is 27.0. The number of pyridine rings is 1. The van der Waals surface area contributed by atoms with E-state index in [0.717, 1.165) is 44.4 Å². The topological polar surface area (TPSA) is 35.1 Å². The summed E-state index contributed by atoms with van der Waals surface area (Å²) in [7, 11) is 0. The molecule has 0 bridgehead atoms. The van der Waals surface area contributed by atoms with E-state index in [0.29, 0.717) is 0 Å². The molecular weight excluding hydrogens is 320 g/mol. The number of nitrogens with zero attached hydrogens (tertiary/aromatic N) is 4. The van der Waals surface area contributed by atoms with Crippen LogP contribution in [0.15, 0.2) is 85.1 Å². The van der Waals surface area contributed by atoms with E-state index in [1.54, 1.807) is 0 Å². The van der Waals surface area contributed by atoms with Crippen LogP contribution in [0.3, 0.4) is 0 Å². The molecule has 6 rings (SSSR count). The van der Waals surface area contributed by atoms with Crippen molar-refractivity contribution >= 4 is 38.7 Å². The predicted octanol–water partition coefficient (Wildman–Crippen LogP) is 4.98. The maximum atomic E-state index is 4.94. The summed E-state index contributed by atoms with van der Waals surface area (Å²) in [5.41, 5.74) is 6.47. The Morgan fingerprint density at radius 2 is 1.50 bits per heavy atom. The molecule has 0 amide bonds. The van der Waals surface area contributed by atoms with Crippen LogP contribution in [-0.4, -0.2) is 18.9 Å². The van der Waals surface area contributed by atoms with Crippen molar-refractivity contribution in [2.45, 2.75) is 0 Å². The lowest BCUT2D eigenvalue weighted by molar-refractivity contribution is 1.11. The van der Waals surface area contributed by atoms with Crippen molar-refractivity contribution in [1.82, 2.24) is 18.9 Å². The zero-order valence-corrected chi connectivity index (χ0v) is 13.9. The van der Waals surface area contributed by atoms with Crippen LogP contribution in [0.1, 0.15) is 0 Å². The first-order valence-corrected chi connectivity index (χ1v) is 8.62. The van der Waals surface area contributed by atoms with E-state index in [4.69, 9.17) is 4.98 Å². The first kappa shape index (κ1) is 13.6. The van der Waals surface area contributed by atoms with Gasteiger partial charge in [-0.2, -0.15) is 0 Å². The highest BCUT2D eigenvalue weighted by atomic mass is 15.2. The molecule has 0 unspecified atom stereocenters. The number of fused-ring (bicyclic) bond motifs is 7. The molecule has 3 aromatic heterocycles. The Hall–Kier alpha value is -3.66. The van der Waals surface area contributed by atoms with Crippen molar-refractivity contribution in [1.29, 1.82) is 0 Å².